The zero-order valence-electron chi connectivity index (χ0n) is 27.8. The number of aliphatic hydroxyl groups excluding tert-OH is 2. The Labute approximate surface area is 248 Å². The van der Waals surface area contributed by atoms with Gasteiger partial charge in [-0.25, -0.2) is 0 Å². The quantitative estimate of drug-likeness (QED) is 0.171. The summed E-state index contributed by atoms with van der Waals surface area (Å²) in [5.41, 5.74) is 1.15. The molecule has 6 nitrogen and oxygen atoms in total. The lowest BCUT2D eigenvalue weighted by molar-refractivity contribution is -0.106. The third-order valence-electron chi connectivity index (χ3n) is 9.10. The van der Waals surface area contributed by atoms with Crippen LogP contribution in [0.1, 0.15) is 73.3 Å². The van der Waals surface area contributed by atoms with Crippen LogP contribution >= 0.6 is 0 Å². The Hall–Kier alpha value is -0.586. The SMILES string of the molecule is CO[C@H]([C@@H](O)[C@@H](CCO)C[C@@H](C)COCc1ccccc1)[C@@H](CCO[Si](C)(C)C(C)(C)C)O[Si](C)(C)C(C)(C)C. The summed E-state index contributed by atoms with van der Waals surface area (Å²) < 4.78 is 25.5. The molecule has 0 saturated heterocycles. The van der Waals surface area contributed by atoms with Crippen LogP contribution in [0.3, 0.4) is 0 Å². The molecule has 0 heterocycles. The van der Waals surface area contributed by atoms with Crippen molar-refractivity contribution in [3.63, 3.8) is 0 Å². The van der Waals surface area contributed by atoms with Gasteiger partial charge in [0.15, 0.2) is 16.6 Å². The van der Waals surface area contributed by atoms with E-state index in [2.05, 4.69) is 86.8 Å². The third kappa shape index (κ3) is 12.0. The van der Waals surface area contributed by atoms with Gasteiger partial charge in [-0.3, -0.25) is 0 Å². The molecule has 0 aliphatic heterocycles. The fourth-order valence-corrected chi connectivity index (χ4v) is 6.83. The topological polar surface area (TPSA) is 77.4 Å². The number of methoxy groups -OCH3 is 1. The van der Waals surface area contributed by atoms with Crippen LogP contribution in [-0.2, 0) is 24.9 Å². The second-order valence-electron chi connectivity index (χ2n) is 14.6. The van der Waals surface area contributed by atoms with Crippen LogP contribution in [0.15, 0.2) is 30.3 Å². The fraction of sp³-hybridized carbons (Fsp3) is 0.812. The highest BCUT2D eigenvalue weighted by Gasteiger charge is 2.44. The summed E-state index contributed by atoms with van der Waals surface area (Å²) in [5.74, 6) is 0.0752. The maximum Gasteiger partial charge on any atom is 0.192 e. The van der Waals surface area contributed by atoms with E-state index in [4.69, 9.17) is 18.3 Å². The first-order valence-electron chi connectivity index (χ1n) is 15.1. The Bertz CT molecular complexity index is 819. The summed E-state index contributed by atoms with van der Waals surface area (Å²) in [5, 5.41) is 21.8. The summed E-state index contributed by atoms with van der Waals surface area (Å²) in [6.45, 7) is 26.3. The van der Waals surface area contributed by atoms with Crippen molar-refractivity contribution < 1.29 is 28.5 Å². The van der Waals surface area contributed by atoms with Gasteiger partial charge in [-0.05, 0) is 72.9 Å². The molecule has 0 bridgehead atoms. The summed E-state index contributed by atoms with van der Waals surface area (Å²) in [4.78, 5) is 0. The van der Waals surface area contributed by atoms with Gasteiger partial charge < -0.3 is 28.5 Å². The number of rotatable bonds is 18. The van der Waals surface area contributed by atoms with Crippen molar-refractivity contribution in [2.75, 3.05) is 26.9 Å². The van der Waals surface area contributed by atoms with Gasteiger partial charge in [-0.15, -0.1) is 0 Å². The first-order valence-corrected chi connectivity index (χ1v) is 20.9. The minimum absolute atomic E-state index is 0.0119. The van der Waals surface area contributed by atoms with Crippen molar-refractivity contribution in [1.82, 2.24) is 0 Å². The van der Waals surface area contributed by atoms with Gasteiger partial charge >= 0.3 is 0 Å². The smallest absolute Gasteiger partial charge is 0.192 e. The van der Waals surface area contributed by atoms with Gasteiger partial charge in [0, 0.05) is 26.9 Å². The summed E-state index contributed by atoms with van der Waals surface area (Å²) >= 11 is 0. The first-order chi connectivity index (χ1) is 18.4. The van der Waals surface area contributed by atoms with E-state index >= 15 is 0 Å². The number of hydrogen-bond acceptors (Lipinski definition) is 6. The van der Waals surface area contributed by atoms with Crippen molar-refractivity contribution in [2.24, 2.45) is 11.8 Å². The molecule has 1 aromatic carbocycles. The van der Waals surface area contributed by atoms with E-state index < -0.39 is 28.8 Å². The molecule has 2 N–H and O–H groups in total. The molecule has 234 valence electrons. The van der Waals surface area contributed by atoms with E-state index in [1.165, 1.54) is 0 Å². The lowest BCUT2D eigenvalue weighted by Gasteiger charge is -2.43. The molecule has 8 heteroatoms. The molecule has 0 aromatic heterocycles. The van der Waals surface area contributed by atoms with Gasteiger partial charge in [0.2, 0.25) is 0 Å². The Morgan fingerprint density at radius 1 is 0.875 bits per heavy atom. The molecule has 1 rings (SSSR count). The summed E-state index contributed by atoms with van der Waals surface area (Å²) in [6, 6.07) is 10.1. The highest BCUT2D eigenvalue weighted by molar-refractivity contribution is 6.74. The van der Waals surface area contributed by atoms with Crippen LogP contribution in [0.2, 0.25) is 36.3 Å². The lowest BCUT2D eigenvalue weighted by atomic mass is 9.85. The lowest BCUT2D eigenvalue weighted by Crippen LogP contribution is -2.52. The van der Waals surface area contributed by atoms with E-state index in [0.29, 0.717) is 32.7 Å². The van der Waals surface area contributed by atoms with Gasteiger partial charge in [-0.2, -0.15) is 0 Å². The number of benzene rings is 1. The van der Waals surface area contributed by atoms with Crippen molar-refractivity contribution in [1.29, 1.82) is 0 Å². The van der Waals surface area contributed by atoms with Crippen molar-refractivity contribution >= 4 is 16.6 Å². The van der Waals surface area contributed by atoms with Crippen LogP contribution < -0.4 is 0 Å². The molecule has 0 saturated carbocycles. The maximum atomic E-state index is 11.7. The van der Waals surface area contributed by atoms with E-state index in [9.17, 15) is 10.2 Å². The molecular formula is C32H62O6Si2. The highest BCUT2D eigenvalue weighted by atomic mass is 28.4. The van der Waals surface area contributed by atoms with E-state index in [1.807, 2.05) is 18.2 Å². The van der Waals surface area contributed by atoms with Crippen molar-refractivity contribution in [2.45, 2.75) is 129 Å². The second kappa shape index (κ2) is 16.3. The van der Waals surface area contributed by atoms with Crippen LogP contribution in [0.25, 0.3) is 0 Å². The highest BCUT2D eigenvalue weighted by Crippen LogP contribution is 2.40. The average molecular weight is 599 g/mol. The second-order valence-corrected chi connectivity index (χ2v) is 24.2. The predicted molar refractivity (Wildman–Crippen MR) is 172 cm³/mol. The van der Waals surface area contributed by atoms with Crippen LogP contribution in [0, 0.1) is 11.8 Å². The largest absolute Gasteiger partial charge is 0.417 e. The Morgan fingerprint density at radius 2 is 1.45 bits per heavy atom. The third-order valence-corrected chi connectivity index (χ3v) is 18.1. The van der Waals surface area contributed by atoms with E-state index in [0.717, 1.165) is 12.0 Å². The van der Waals surface area contributed by atoms with E-state index in [-0.39, 0.29) is 34.6 Å². The Morgan fingerprint density at radius 3 is 1.95 bits per heavy atom. The first kappa shape index (κ1) is 37.4. The summed E-state index contributed by atoms with van der Waals surface area (Å²) in [7, 11) is -2.43. The zero-order chi connectivity index (χ0) is 30.8. The van der Waals surface area contributed by atoms with Crippen LogP contribution in [0.5, 0.6) is 0 Å². The molecule has 5 atom stereocenters. The Kier molecular flexibility index (Phi) is 15.3. The minimum atomic E-state index is -2.17. The maximum absolute atomic E-state index is 11.7. The normalized spacial score (nSPS) is 17.4. The summed E-state index contributed by atoms with van der Waals surface area (Å²) in [6.07, 6.45) is 0.260. The molecule has 0 spiro atoms. The number of aliphatic hydroxyl groups is 2. The zero-order valence-corrected chi connectivity index (χ0v) is 29.8. The van der Waals surface area contributed by atoms with Gasteiger partial charge in [0.05, 0.1) is 18.8 Å². The molecule has 0 radical (unpaired) electrons. The number of ether oxygens (including phenoxy) is 2. The molecular weight excluding hydrogens is 537 g/mol. The average Bonchev–Trinajstić information content (AvgIpc) is 2.83. The molecule has 0 amide bonds. The molecule has 1 aromatic rings. The molecule has 0 unspecified atom stereocenters. The molecule has 0 fully saturated rings. The fourth-order valence-electron chi connectivity index (χ4n) is 4.40. The Balaban J connectivity index is 3.04. The number of hydrogen-bond donors (Lipinski definition) is 2. The van der Waals surface area contributed by atoms with Crippen molar-refractivity contribution in [3.8, 4) is 0 Å². The molecule has 0 aliphatic rings. The van der Waals surface area contributed by atoms with E-state index in [1.54, 1.807) is 7.11 Å². The van der Waals surface area contributed by atoms with Crippen LogP contribution in [-0.4, -0.2) is 72.1 Å². The van der Waals surface area contributed by atoms with Gasteiger partial charge in [0.1, 0.15) is 6.10 Å². The predicted octanol–water partition coefficient (Wildman–Crippen LogP) is 7.41. The van der Waals surface area contributed by atoms with Gasteiger partial charge in [-0.1, -0.05) is 78.8 Å². The monoisotopic (exact) mass is 598 g/mol. The molecule has 40 heavy (non-hydrogen) atoms. The standard InChI is InChI=1S/C32H62O6Si2/c1-25(23-36-24-26-16-14-13-15-17-26)22-27(18-20-33)29(34)30(35-8)28(38-40(11,12)32(5,6)7)19-21-37-39(9,10)31(2,3)4/h13-17,25,27-30,33-34H,18-24H2,1-12H3/t25-,27+,28-,29+,30+/m1/s1. The van der Waals surface area contributed by atoms with Gasteiger partial charge in [0.25, 0.3) is 0 Å². The minimum Gasteiger partial charge on any atom is -0.417 e. The molecule has 0 aliphatic carbocycles. The van der Waals surface area contributed by atoms with Crippen LogP contribution in [0.4, 0.5) is 0 Å². The van der Waals surface area contributed by atoms with Crippen molar-refractivity contribution in [3.05, 3.63) is 35.9 Å².